The largest absolute Gasteiger partial charge is 0.222 e. The summed E-state index contributed by atoms with van der Waals surface area (Å²) in [6.07, 6.45) is 1.94. The molecule has 4 nitrogen and oxygen atoms in total. The van der Waals surface area contributed by atoms with Crippen LogP contribution in [0.15, 0.2) is 17.3 Å². The first-order valence-electron chi connectivity index (χ1n) is 4.14. The zero-order valence-corrected chi connectivity index (χ0v) is 9.35. The molecule has 0 fully saturated rings. The van der Waals surface area contributed by atoms with E-state index in [1.807, 2.05) is 0 Å². The van der Waals surface area contributed by atoms with Gasteiger partial charge in [0.15, 0.2) is 14.9 Å². The predicted molar refractivity (Wildman–Crippen MR) is 54.2 cm³/mol. The fourth-order valence-electron chi connectivity index (χ4n) is 0.939. The summed E-state index contributed by atoms with van der Waals surface area (Å²) < 4.78 is 23.2. The summed E-state index contributed by atoms with van der Waals surface area (Å²) in [6.45, 7) is 1.77. The van der Waals surface area contributed by atoms with Gasteiger partial charge in [0.25, 0.3) is 0 Å². The van der Waals surface area contributed by atoms with Gasteiger partial charge in [-0.25, -0.2) is 8.42 Å². The number of aromatic nitrogens is 2. The van der Waals surface area contributed by atoms with Crippen LogP contribution in [-0.4, -0.2) is 30.2 Å². The first kappa shape index (κ1) is 11.4. The molecule has 0 saturated carbocycles. The number of nitrogens with zero attached hydrogens (tertiary/aromatic N) is 2. The molecule has 0 bridgehead atoms. The molecule has 0 N–H and O–H groups in total. The zero-order valence-electron chi connectivity index (χ0n) is 7.77. The Hall–Kier alpha value is -0.680. The van der Waals surface area contributed by atoms with Crippen molar-refractivity contribution >= 4 is 21.4 Å². The van der Waals surface area contributed by atoms with E-state index in [4.69, 9.17) is 11.6 Å². The topological polar surface area (TPSA) is 59.9 Å². The van der Waals surface area contributed by atoms with Crippen LogP contribution in [0.5, 0.6) is 0 Å². The van der Waals surface area contributed by atoms with Gasteiger partial charge in [0.1, 0.15) is 0 Å². The van der Waals surface area contributed by atoms with Crippen LogP contribution in [0.1, 0.15) is 12.0 Å². The van der Waals surface area contributed by atoms with E-state index in [0.29, 0.717) is 12.3 Å². The van der Waals surface area contributed by atoms with Gasteiger partial charge in [-0.05, 0) is 25.0 Å². The van der Waals surface area contributed by atoms with Gasteiger partial charge in [0, 0.05) is 5.88 Å². The summed E-state index contributed by atoms with van der Waals surface area (Å²) in [4.78, 5) is 0. The van der Waals surface area contributed by atoms with Crippen molar-refractivity contribution in [3.05, 3.63) is 17.8 Å². The number of alkyl halides is 1. The van der Waals surface area contributed by atoms with Crippen LogP contribution >= 0.6 is 11.6 Å². The number of aryl methyl sites for hydroxylation is 1. The molecule has 0 aliphatic carbocycles. The molecule has 0 saturated heterocycles. The molecule has 1 heterocycles. The average molecular weight is 235 g/mol. The number of hydrogen-bond donors (Lipinski definition) is 0. The average Bonchev–Trinajstić information content (AvgIpc) is 2.15. The highest BCUT2D eigenvalue weighted by atomic mass is 35.5. The lowest BCUT2D eigenvalue weighted by Gasteiger charge is -2.01. The molecule has 0 aromatic carbocycles. The molecule has 0 aliphatic heterocycles. The number of hydrogen-bond acceptors (Lipinski definition) is 4. The molecule has 1 rings (SSSR count). The molecule has 1 aromatic heterocycles. The van der Waals surface area contributed by atoms with Gasteiger partial charge < -0.3 is 0 Å². The van der Waals surface area contributed by atoms with Crippen LogP contribution < -0.4 is 0 Å². The second-order valence-electron chi connectivity index (χ2n) is 2.93. The third kappa shape index (κ3) is 2.92. The van der Waals surface area contributed by atoms with E-state index in [0.717, 1.165) is 5.56 Å². The SMILES string of the molecule is Cc1cnnc(S(=O)(=O)CCCCl)c1. The lowest BCUT2D eigenvalue weighted by molar-refractivity contribution is 0.588. The van der Waals surface area contributed by atoms with Gasteiger partial charge in [-0.1, -0.05) is 0 Å². The minimum absolute atomic E-state index is 0.0225. The number of sulfone groups is 1. The van der Waals surface area contributed by atoms with Gasteiger partial charge in [-0.2, -0.15) is 5.10 Å². The van der Waals surface area contributed by atoms with E-state index in [-0.39, 0.29) is 10.8 Å². The van der Waals surface area contributed by atoms with E-state index in [2.05, 4.69) is 10.2 Å². The third-order valence-corrected chi connectivity index (χ3v) is 3.56. The van der Waals surface area contributed by atoms with Crippen LogP contribution in [0.2, 0.25) is 0 Å². The quantitative estimate of drug-likeness (QED) is 0.735. The predicted octanol–water partition coefficient (Wildman–Crippen LogP) is 1.19. The Morgan fingerprint density at radius 3 is 2.79 bits per heavy atom. The molecular formula is C8H11ClN2O2S. The smallest absolute Gasteiger partial charge is 0.197 e. The van der Waals surface area contributed by atoms with Crippen molar-refractivity contribution in [2.75, 3.05) is 11.6 Å². The van der Waals surface area contributed by atoms with Crippen molar-refractivity contribution in [3.63, 3.8) is 0 Å². The summed E-state index contributed by atoms with van der Waals surface area (Å²) in [7, 11) is -3.30. The number of rotatable bonds is 4. The summed E-state index contributed by atoms with van der Waals surface area (Å²) in [5, 5.41) is 7.21. The lowest BCUT2D eigenvalue weighted by Crippen LogP contribution is -2.10. The van der Waals surface area contributed by atoms with Gasteiger partial charge in [0.2, 0.25) is 0 Å². The van der Waals surface area contributed by atoms with E-state index < -0.39 is 9.84 Å². The van der Waals surface area contributed by atoms with E-state index >= 15 is 0 Å². The Morgan fingerprint density at radius 1 is 1.50 bits per heavy atom. The highest BCUT2D eigenvalue weighted by Gasteiger charge is 2.15. The maximum absolute atomic E-state index is 11.6. The molecule has 0 atom stereocenters. The fourth-order valence-corrected chi connectivity index (χ4v) is 2.50. The Morgan fingerprint density at radius 2 is 2.21 bits per heavy atom. The van der Waals surface area contributed by atoms with Crippen LogP contribution in [0.25, 0.3) is 0 Å². The van der Waals surface area contributed by atoms with Crippen molar-refractivity contribution in [2.24, 2.45) is 0 Å². The minimum Gasteiger partial charge on any atom is -0.222 e. The molecule has 0 amide bonds. The second kappa shape index (κ2) is 4.70. The molecule has 14 heavy (non-hydrogen) atoms. The highest BCUT2D eigenvalue weighted by molar-refractivity contribution is 7.91. The summed E-state index contributed by atoms with van der Waals surface area (Å²) >= 11 is 5.43. The van der Waals surface area contributed by atoms with Crippen LogP contribution in [0.3, 0.4) is 0 Å². The first-order chi connectivity index (χ1) is 6.56. The van der Waals surface area contributed by atoms with Crippen molar-refractivity contribution in [1.29, 1.82) is 0 Å². The van der Waals surface area contributed by atoms with Crippen molar-refractivity contribution in [1.82, 2.24) is 10.2 Å². The maximum Gasteiger partial charge on any atom is 0.197 e. The maximum atomic E-state index is 11.6. The van der Waals surface area contributed by atoms with E-state index in [1.54, 1.807) is 6.92 Å². The monoisotopic (exact) mass is 234 g/mol. The molecule has 0 spiro atoms. The first-order valence-corrected chi connectivity index (χ1v) is 6.33. The standard InChI is InChI=1S/C8H11ClN2O2S/c1-7-5-8(11-10-6-7)14(12,13)4-2-3-9/h5-6H,2-4H2,1H3. The minimum atomic E-state index is -3.30. The molecular weight excluding hydrogens is 224 g/mol. The van der Waals surface area contributed by atoms with E-state index in [1.165, 1.54) is 12.3 Å². The molecule has 0 aliphatic rings. The van der Waals surface area contributed by atoms with Crippen molar-refractivity contribution in [2.45, 2.75) is 18.4 Å². The van der Waals surface area contributed by atoms with E-state index in [9.17, 15) is 8.42 Å². The lowest BCUT2D eigenvalue weighted by atomic mass is 10.4. The Kier molecular flexibility index (Phi) is 3.83. The van der Waals surface area contributed by atoms with Crippen LogP contribution in [-0.2, 0) is 9.84 Å². The molecule has 78 valence electrons. The van der Waals surface area contributed by atoms with Gasteiger partial charge in [0.05, 0.1) is 11.9 Å². The Labute approximate surface area is 88.2 Å². The van der Waals surface area contributed by atoms with Crippen LogP contribution in [0, 0.1) is 6.92 Å². The second-order valence-corrected chi connectivity index (χ2v) is 5.37. The molecule has 0 radical (unpaired) electrons. The van der Waals surface area contributed by atoms with Crippen molar-refractivity contribution < 1.29 is 8.42 Å². The number of halogens is 1. The molecule has 0 unspecified atom stereocenters. The summed E-state index contributed by atoms with van der Waals surface area (Å²) in [5.41, 5.74) is 0.782. The highest BCUT2D eigenvalue weighted by Crippen LogP contribution is 2.09. The van der Waals surface area contributed by atoms with Gasteiger partial charge >= 0.3 is 0 Å². The zero-order chi connectivity index (χ0) is 10.6. The fraction of sp³-hybridized carbons (Fsp3) is 0.500. The van der Waals surface area contributed by atoms with Crippen LogP contribution in [0.4, 0.5) is 0 Å². The molecule has 6 heteroatoms. The van der Waals surface area contributed by atoms with Gasteiger partial charge in [-0.3, -0.25) is 0 Å². The molecule has 1 aromatic rings. The van der Waals surface area contributed by atoms with Crippen molar-refractivity contribution in [3.8, 4) is 0 Å². The summed E-state index contributed by atoms with van der Waals surface area (Å²) in [6, 6.07) is 1.51. The normalized spacial score (nSPS) is 11.6. The Balaban J connectivity index is 2.93. The third-order valence-electron chi connectivity index (χ3n) is 1.63. The Bertz CT molecular complexity index is 406. The summed E-state index contributed by atoms with van der Waals surface area (Å²) in [5.74, 6) is 0.354. The van der Waals surface area contributed by atoms with Gasteiger partial charge in [-0.15, -0.1) is 16.7 Å².